The molecule has 0 amide bonds. The molecule has 1 saturated heterocycles. The van der Waals surface area contributed by atoms with Crippen LogP contribution in [0.2, 0.25) is 0 Å². The van der Waals surface area contributed by atoms with Crippen LogP contribution in [0.4, 0.5) is 8.78 Å². The van der Waals surface area contributed by atoms with Crippen molar-refractivity contribution in [1.82, 2.24) is 4.90 Å². The maximum absolute atomic E-state index is 13.3. The Kier molecular flexibility index (Phi) is 4.74. The van der Waals surface area contributed by atoms with E-state index < -0.39 is 5.92 Å². The fourth-order valence-electron chi connectivity index (χ4n) is 3.12. The second-order valence-electron chi connectivity index (χ2n) is 6.26. The van der Waals surface area contributed by atoms with E-state index in [1.807, 2.05) is 23.1 Å². The van der Waals surface area contributed by atoms with Crippen LogP contribution in [0.3, 0.4) is 0 Å². The molecule has 122 valence electrons. The fraction of sp³-hybridized carbons (Fsp3) is 0.368. The Labute approximate surface area is 135 Å². The molecule has 1 aliphatic rings. The summed E-state index contributed by atoms with van der Waals surface area (Å²) in [5, 5.41) is 0. The Morgan fingerprint density at radius 2 is 1.65 bits per heavy atom. The first kappa shape index (κ1) is 16.1. The molecule has 0 spiro atoms. The highest BCUT2D eigenvalue weighted by Crippen LogP contribution is 2.29. The van der Waals surface area contributed by atoms with E-state index in [4.69, 9.17) is 5.73 Å². The quantitative estimate of drug-likeness (QED) is 0.911. The normalized spacial score (nSPS) is 17.5. The highest BCUT2D eigenvalue weighted by molar-refractivity contribution is 5.65. The highest BCUT2D eigenvalue weighted by Gasteiger charge is 2.37. The van der Waals surface area contributed by atoms with E-state index >= 15 is 0 Å². The molecule has 0 bridgehead atoms. The van der Waals surface area contributed by atoms with Gasteiger partial charge in [0.25, 0.3) is 5.92 Å². The molecule has 0 unspecified atom stereocenters. The molecule has 4 heteroatoms. The SMILES string of the molecule is NCCc1cccc(-c2cccc(CN3CCC(F)(F)C3)c2)c1. The Balaban J connectivity index is 1.76. The van der Waals surface area contributed by atoms with Gasteiger partial charge in [0.2, 0.25) is 0 Å². The van der Waals surface area contributed by atoms with Crippen LogP contribution in [-0.4, -0.2) is 30.5 Å². The maximum atomic E-state index is 13.3. The number of halogens is 2. The lowest BCUT2D eigenvalue weighted by atomic mass is 10.00. The van der Waals surface area contributed by atoms with E-state index in [1.54, 1.807) is 0 Å². The molecule has 0 aromatic heterocycles. The summed E-state index contributed by atoms with van der Waals surface area (Å²) in [4.78, 5) is 1.82. The second kappa shape index (κ2) is 6.77. The van der Waals surface area contributed by atoms with Gasteiger partial charge >= 0.3 is 0 Å². The predicted molar refractivity (Wildman–Crippen MR) is 89.5 cm³/mol. The number of likely N-dealkylation sites (tertiary alicyclic amines) is 1. The van der Waals surface area contributed by atoms with Gasteiger partial charge in [-0.1, -0.05) is 42.5 Å². The van der Waals surface area contributed by atoms with Gasteiger partial charge in [0, 0.05) is 19.5 Å². The van der Waals surface area contributed by atoms with Crippen LogP contribution in [-0.2, 0) is 13.0 Å². The minimum atomic E-state index is -2.53. The van der Waals surface area contributed by atoms with E-state index in [2.05, 4.69) is 30.3 Å². The molecular formula is C19H22F2N2. The summed E-state index contributed by atoms with van der Waals surface area (Å²) in [6.07, 6.45) is 0.824. The monoisotopic (exact) mass is 316 g/mol. The standard InChI is InChI=1S/C19H22F2N2/c20-19(21)8-10-23(14-19)13-16-4-2-6-18(12-16)17-5-1-3-15(11-17)7-9-22/h1-6,11-12H,7-10,13-14,22H2. The third-order valence-corrected chi connectivity index (χ3v) is 4.28. The lowest BCUT2D eigenvalue weighted by Crippen LogP contribution is -2.24. The van der Waals surface area contributed by atoms with Crippen LogP contribution in [0.25, 0.3) is 11.1 Å². The smallest absolute Gasteiger partial charge is 0.261 e. The predicted octanol–water partition coefficient (Wildman–Crippen LogP) is 3.70. The number of hydrogen-bond donors (Lipinski definition) is 1. The first-order chi connectivity index (χ1) is 11.1. The van der Waals surface area contributed by atoms with E-state index in [9.17, 15) is 8.78 Å². The van der Waals surface area contributed by atoms with Gasteiger partial charge in [-0.25, -0.2) is 8.78 Å². The zero-order valence-electron chi connectivity index (χ0n) is 13.1. The Bertz CT molecular complexity index is 670. The van der Waals surface area contributed by atoms with E-state index in [1.165, 1.54) is 5.56 Å². The second-order valence-corrected chi connectivity index (χ2v) is 6.26. The van der Waals surface area contributed by atoms with Crippen molar-refractivity contribution >= 4 is 0 Å². The van der Waals surface area contributed by atoms with Crippen LogP contribution in [0.15, 0.2) is 48.5 Å². The van der Waals surface area contributed by atoms with Crippen LogP contribution in [0, 0.1) is 0 Å². The average molecular weight is 316 g/mol. The zero-order valence-corrected chi connectivity index (χ0v) is 13.1. The van der Waals surface area contributed by atoms with Crippen molar-refractivity contribution in [2.75, 3.05) is 19.6 Å². The molecule has 1 aliphatic heterocycles. The number of benzene rings is 2. The van der Waals surface area contributed by atoms with E-state index in [0.29, 0.717) is 19.6 Å². The lowest BCUT2D eigenvalue weighted by molar-refractivity contribution is 0.0115. The molecule has 1 heterocycles. The minimum Gasteiger partial charge on any atom is -0.330 e. The summed E-state index contributed by atoms with van der Waals surface area (Å²) in [5.74, 6) is -2.53. The van der Waals surface area contributed by atoms with Crippen molar-refractivity contribution in [3.63, 3.8) is 0 Å². The van der Waals surface area contributed by atoms with Crippen LogP contribution in [0.5, 0.6) is 0 Å². The Hall–Kier alpha value is -1.78. The molecule has 0 atom stereocenters. The molecule has 0 saturated carbocycles. The molecule has 0 radical (unpaired) electrons. The van der Waals surface area contributed by atoms with Crippen LogP contribution >= 0.6 is 0 Å². The number of nitrogens with zero attached hydrogens (tertiary/aromatic N) is 1. The molecule has 1 fully saturated rings. The summed E-state index contributed by atoms with van der Waals surface area (Å²) in [6, 6.07) is 16.5. The van der Waals surface area contributed by atoms with E-state index in [-0.39, 0.29) is 13.0 Å². The van der Waals surface area contributed by atoms with Gasteiger partial charge < -0.3 is 5.73 Å². The number of hydrogen-bond acceptors (Lipinski definition) is 2. The molecule has 0 aliphatic carbocycles. The third-order valence-electron chi connectivity index (χ3n) is 4.28. The summed E-state index contributed by atoms with van der Waals surface area (Å²) < 4.78 is 26.6. The van der Waals surface area contributed by atoms with E-state index in [0.717, 1.165) is 23.1 Å². The molecule has 2 aromatic carbocycles. The van der Waals surface area contributed by atoms with Gasteiger partial charge in [-0.05, 0) is 41.3 Å². The van der Waals surface area contributed by atoms with Gasteiger partial charge in [-0.2, -0.15) is 0 Å². The molecule has 2 N–H and O–H groups in total. The van der Waals surface area contributed by atoms with Gasteiger partial charge in [-0.3, -0.25) is 4.90 Å². The van der Waals surface area contributed by atoms with Crippen molar-refractivity contribution < 1.29 is 8.78 Å². The zero-order chi connectivity index (χ0) is 16.3. The number of nitrogens with two attached hydrogens (primary N) is 1. The van der Waals surface area contributed by atoms with Crippen molar-refractivity contribution in [3.8, 4) is 11.1 Å². The first-order valence-electron chi connectivity index (χ1n) is 8.04. The average Bonchev–Trinajstić information content (AvgIpc) is 2.87. The summed E-state index contributed by atoms with van der Waals surface area (Å²) in [7, 11) is 0. The van der Waals surface area contributed by atoms with Crippen molar-refractivity contribution in [3.05, 3.63) is 59.7 Å². The van der Waals surface area contributed by atoms with Crippen molar-refractivity contribution in [2.45, 2.75) is 25.3 Å². The van der Waals surface area contributed by atoms with Gasteiger partial charge in [-0.15, -0.1) is 0 Å². The highest BCUT2D eigenvalue weighted by atomic mass is 19.3. The summed E-state index contributed by atoms with van der Waals surface area (Å²) in [6.45, 7) is 1.53. The Morgan fingerprint density at radius 3 is 2.26 bits per heavy atom. The van der Waals surface area contributed by atoms with Crippen molar-refractivity contribution in [2.24, 2.45) is 5.73 Å². The van der Waals surface area contributed by atoms with Crippen LogP contribution in [0.1, 0.15) is 17.5 Å². The molecule has 3 rings (SSSR count). The number of alkyl halides is 2. The molecule has 23 heavy (non-hydrogen) atoms. The van der Waals surface area contributed by atoms with Gasteiger partial charge in [0.05, 0.1) is 6.54 Å². The minimum absolute atomic E-state index is 0.0339. The molecule has 2 nitrogen and oxygen atoms in total. The molecule has 2 aromatic rings. The summed E-state index contributed by atoms with van der Waals surface area (Å²) >= 11 is 0. The summed E-state index contributed by atoms with van der Waals surface area (Å²) in [5.41, 5.74) is 10.2. The van der Waals surface area contributed by atoms with Crippen LogP contribution < -0.4 is 5.73 Å². The fourth-order valence-corrected chi connectivity index (χ4v) is 3.12. The third kappa shape index (κ3) is 4.15. The maximum Gasteiger partial charge on any atom is 0.261 e. The van der Waals surface area contributed by atoms with Gasteiger partial charge in [0.15, 0.2) is 0 Å². The first-order valence-corrected chi connectivity index (χ1v) is 8.04. The lowest BCUT2D eigenvalue weighted by Gasteiger charge is -2.16. The Morgan fingerprint density at radius 1 is 1.00 bits per heavy atom. The van der Waals surface area contributed by atoms with Crippen molar-refractivity contribution in [1.29, 1.82) is 0 Å². The molecular weight excluding hydrogens is 294 g/mol. The number of rotatable bonds is 5. The topological polar surface area (TPSA) is 29.3 Å². The largest absolute Gasteiger partial charge is 0.330 e. The van der Waals surface area contributed by atoms with Gasteiger partial charge in [0.1, 0.15) is 0 Å².